The number of ether oxygens (including phenoxy) is 2. The summed E-state index contributed by atoms with van der Waals surface area (Å²) in [7, 11) is 1.57. The highest BCUT2D eigenvalue weighted by molar-refractivity contribution is 6.17. The van der Waals surface area contributed by atoms with Crippen molar-refractivity contribution in [3.63, 3.8) is 0 Å². The van der Waals surface area contributed by atoms with Crippen LogP contribution in [0.25, 0.3) is 0 Å². The van der Waals surface area contributed by atoms with Crippen LogP contribution in [-0.4, -0.2) is 12.0 Å². The van der Waals surface area contributed by atoms with Gasteiger partial charge in [0.05, 0.1) is 12.0 Å². The Labute approximate surface area is 127 Å². The van der Waals surface area contributed by atoms with Crippen LogP contribution in [0.4, 0.5) is 5.69 Å². The molecule has 21 heavy (non-hydrogen) atoms. The van der Waals surface area contributed by atoms with Crippen molar-refractivity contribution in [2.45, 2.75) is 12.5 Å². The predicted octanol–water partition coefficient (Wildman–Crippen LogP) is 3.92. The third kappa shape index (κ3) is 3.64. The highest BCUT2D eigenvalue weighted by Crippen LogP contribution is 2.30. The number of nitro groups is 1. The first kappa shape index (κ1) is 15.1. The van der Waals surface area contributed by atoms with Gasteiger partial charge in [-0.05, 0) is 17.7 Å². The van der Waals surface area contributed by atoms with Crippen molar-refractivity contribution >= 4 is 17.3 Å². The second-order valence-electron chi connectivity index (χ2n) is 4.29. The number of hydrogen-bond donors (Lipinski definition) is 0. The van der Waals surface area contributed by atoms with Crippen LogP contribution in [0.2, 0.25) is 0 Å². The van der Waals surface area contributed by atoms with Crippen molar-refractivity contribution in [2.75, 3.05) is 7.11 Å². The van der Waals surface area contributed by atoms with E-state index in [-0.39, 0.29) is 23.9 Å². The lowest BCUT2D eigenvalue weighted by Gasteiger charge is -2.10. The summed E-state index contributed by atoms with van der Waals surface area (Å²) in [5, 5.41) is 11.1. The largest absolute Gasteiger partial charge is 0.496 e. The summed E-state index contributed by atoms with van der Waals surface area (Å²) in [4.78, 5) is 10.6. The number of nitrogens with zero attached hydrogens (tertiary/aromatic N) is 1. The third-order valence-corrected chi connectivity index (χ3v) is 3.26. The van der Waals surface area contributed by atoms with Gasteiger partial charge in [-0.3, -0.25) is 10.1 Å². The number of nitro benzene ring substituents is 1. The Hall–Kier alpha value is -2.27. The van der Waals surface area contributed by atoms with E-state index >= 15 is 0 Å². The standard InChI is InChI=1S/C15H14ClNO4/c1-20-14-5-3-2-4-12(14)10-21-15-7-6-11(9-16)8-13(15)17(18)19/h2-8H,9-10H2,1H3. The molecular weight excluding hydrogens is 294 g/mol. The molecule has 0 aliphatic carbocycles. The zero-order valence-electron chi connectivity index (χ0n) is 11.4. The Morgan fingerprint density at radius 3 is 2.62 bits per heavy atom. The van der Waals surface area contributed by atoms with E-state index in [1.165, 1.54) is 6.07 Å². The van der Waals surface area contributed by atoms with Crippen LogP contribution in [0.5, 0.6) is 11.5 Å². The lowest BCUT2D eigenvalue weighted by molar-refractivity contribution is -0.386. The van der Waals surface area contributed by atoms with E-state index in [0.717, 1.165) is 5.56 Å². The number of para-hydroxylation sites is 1. The molecule has 0 N–H and O–H groups in total. The minimum atomic E-state index is -0.479. The number of rotatable bonds is 6. The molecule has 0 unspecified atom stereocenters. The zero-order chi connectivity index (χ0) is 15.2. The SMILES string of the molecule is COc1ccccc1COc1ccc(CCl)cc1[N+](=O)[O-]. The van der Waals surface area contributed by atoms with E-state index in [1.807, 2.05) is 24.3 Å². The first-order valence-electron chi connectivity index (χ1n) is 6.23. The van der Waals surface area contributed by atoms with E-state index in [1.54, 1.807) is 19.2 Å². The Kier molecular flexibility index (Phi) is 5.00. The van der Waals surface area contributed by atoms with Crippen molar-refractivity contribution in [3.8, 4) is 11.5 Å². The Balaban J connectivity index is 2.21. The van der Waals surface area contributed by atoms with Gasteiger partial charge in [0.25, 0.3) is 0 Å². The van der Waals surface area contributed by atoms with Crippen molar-refractivity contribution in [3.05, 3.63) is 63.7 Å². The van der Waals surface area contributed by atoms with Crippen molar-refractivity contribution in [1.29, 1.82) is 0 Å². The topological polar surface area (TPSA) is 61.6 Å². The lowest BCUT2D eigenvalue weighted by Crippen LogP contribution is -2.01. The van der Waals surface area contributed by atoms with E-state index in [0.29, 0.717) is 11.3 Å². The quantitative estimate of drug-likeness (QED) is 0.461. The zero-order valence-corrected chi connectivity index (χ0v) is 12.2. The molecule has 2 aromatic rings. The molecule has 2 aromatic carbocycles. The Bertz CT molecular complexity index is 645. The van der Waals surface area contributed by atoms with Crippen LogP contribution in [0.3, 0.4) is 0 Å². The number of hydrogen-bond acceptors (Lipinski definition) is 4. The molecule has 0 radical (unpaired) electrons. The van der Waals surface area contributed by atoms with Crippen molar-refractivity contribution < 1.29 is 14.4 Å². The molecule has 5 nitrogen and oxygen atoms in total. The summed E-state index contributed by atoms with van der Waals surface area (Å²) in [5.74, 6) is 1.10. The van der Waals surface area contributed by atoms with Gasteiger partial charge in [-0.1, -0.05) is 24.3 Å². The van der Waals surface area contributed by atoms with Gasteiger partial charge in [-0.15, -0.1) is 11.6 Å². The molecule has 0 heterocycles. The van der Waals surface area contributed by atoms with Crippen LogP contribution in [-0.2, 0) is 12.5 Å². The van der Waals surface area contributed by atoms with Gasteiger partial charge >= 0.3 is 5.69 Å². The van der Waals surface area contributed by atoms with Crippen LogP contribution >= 0.6 is 11.6 Å². The van der Waals surface area contributed by atoms with E-state index in [2.05, 4.69) is 0 Å². The molecule has 0 amide bonds. The molecule has 0 saturated heterocycles. The maximum atomic E-state index is 11.1. The average molecular weight is 308 g/mol. The molecule has 0 atom stereocenters. The van der Waals surface area contributed by atoms with Gasteiger partial charge in [0.15, 0.2) is 5.75 Å². The first-order chi connectivity index (χ1) is 10.2. The lowest BCUT2D eigenvalue weighted by atomic mass is 10.2. The van der Waals surface area contributed by atoms with Crippen LogP contribution < -0.4 is 9.47 Å². The number of benzene rings is 2. The summed E-state index contributed by atoms with van der Waals surface area (Å²) >= 11 is 5.69. The van der Waals surface area contributed by atoms with Gasteiger partial charge in [0.1, 0.15) is 12.4 Å². The number of halogens is 1. The van der Waals surface area contributed by atoms with Crippen molar-refractivity contribution in [2.24, 2.45) is 0 Å². The second kappa shape index (κ2) is 6.95. The monoisotopic (exact) mass is 307 g/mol. The molecule has 0 saturated carbocycles. The second-order valence-corrected chi connectivity index (χ2v) is 4.56. The highest BCUT2D eigenvalue weighted by atomic mass is 35.5. The third-order valence-electron chi connectivity index (χ3n) is 2.95. The maximum absolute atomic E-state index is 11.1. The normalized spacial score (nSPS) is 10.2. The molecule has 0 aliphatic heterocycles. The summed E-state index contributed by atoms with van der Waals surface area (Å²) in [6.07, 6.45) is 0. The number of methoxy groups -OCH3 is 1. The maximum Gasteiger partial charge on any atom is 0.311 e. The molecule has 110 valence electrons. The molecule has 6 heteroatoms. The van der Waals surface area contributed by atoms with Gasteiger partial charge in [0.2, 0.25) is 0 Å². The first-order valence-corrected chi connectivity index (χ1v) is 6.77. The molecule has 0 spiro atoms. The van der Waals surface area contributed by atoms with Gasteiger partial charge < -0.3 is 9.47 Å². The fourth-order valence-electron chi connectivity index (χ4n) is 1.89. The highest BCUT2D eigenvalue weighted by Gasteiger charge is 2.16. The fourth-order valence-corrected chi connectivity index (χ4v) is 2.05. The Morgan fingerprint density at radius 2 is 1.95 bits per heavy atom. The molecule has 0 aliphatic rings. The predicted molar refractivity (Wildman–Crippen MR) is 80.0 cm³/mol. The van der Waals surface area contributed by atoms with Gasteiger partial charge in [-0.25, -0.2) is 0 Å². The minimum Gasteiger partial charge on any atom is -0.496 e. The average Bonchev–Trinajstić information content (AvgIpc) is 2.52. The molecule has 0 bridgehead atoms. The molecule has 0 fully saturated rings. The van der Waals surface area contributed by atoms with Crippen molar-refractivity contribution in [1.82, 2.24) is 0 Å². The van der Waals surface area contributed by atoms with Crippen LogP contribution in [0.15, 0.2) is 42.5 Å². The summed E-state index contributed by atoms with van der Waals surface area (Å²) < 4.78 is 10.8. The van der Waals surface area contributed by atoms with E-state index in [4.69, 9.17) is 21.1 Å². The summed E-state index contributed by atoms with van der Waals surface area (Å²) in [6, 6.07) is 12.0. The smallest absolute Gasteiger partial charge is 0.311 e. The molecular formula is C15H14ClNO4. The fraction of sp³-hybridized carbons (Fsp3) is 0.200. The van der Waals surface area contributed by atoms with Gasteiger partial charge in [-0.2, -0.15) is 0 Å². The molecule has 0 aromatic heterocycles. The van der Waals surface area contributed by atoms with E-state index in [9.17, 15) is 10.1 Å². The van der Waals surface area contributed by atoms with E-state index < -0.39 is 4.92 Å². The number of alkyl halides is 1. The summed E-state index contributed by atoms with van der Waals surface area (Å²) in [5.41, 5.74) is 1.40. The van der Waals surface area contributed by atoms with Gasteiger partial charge in [0, 0.05) is 17.5 Å². The minimum absolute atomic E-state index is 0.0944. The van der Waals surface area contributed by atoms with Crippen LogP contribution in [0, 0.1) is 10.1 Å². The summed E-state index contributed by atoms with van der Waals surface area (Å²) in [6.45, 7) is 0.186. The molecule has 2 rings (SSSR count). The Morgan fingerprint density at radius 1 is 1.19 bits per heavy atom. The van der Waals surface area contributed by atoms with Crippen LogP contribution in [0.1, 0.15) is 11.1 Å².